The average Bonchev–Trinajstić information content (AvgIpc) is 2.48. The quantitative estimate of drug-likeness (QED) is 0.518. The first-order valence-electron chi connectivity index (χ1n) is 6.26. The molecule has 2 aromatic rings. The lowest BCUT2D eigenvalue weighted by Gasteiger charge is -2.07. The second-order valence-corrected chi connectivity index (χ2v) is 4.27. The normalized spacial score (nSPS) is 10.1. The highest BCUT2D eigenvalue weighted by Crippen LogP contribution is 2.34. The topological polar surface area (TPSA) is 89.7 Å². The number of carbonyl (C=O) groups is 1. The number of hydrogen-bond donors (Lipinski definition) is 1. The molecule has 0 saturated heterocycles. The predicted molar refractivity (Wildman–Crippen MR) is 76.8 cm³/mol. The fourth-order valence-electron chi connectivity index (χ4n) is 1.95. The zero-order chi connectivity index (χ0) is 15.4. The van der Waals surface area contributed by atoms with Crippen LogP contribution in [0.25, 0.3) is 11.1 Å². The molecule has 6 nitrogen and oxygen atoms in total. The van der Waals surface area contributed by atoms with Gasteiger partial charge < -0.3 is 9.84 Å². The van der Waals surface area contributed by atoms with Gasteiger partial charge in [0.05, 0.1) is 17.1 Å². The number of hydrogen-bond acceptors (Lipinski definition) is 5. The number of nitro groups is 1. The number of ether oxygens (including phenoxy) is 1. The van der Waals surface area contributed by atoms with E-state index < -0.39 is 16.4 Å². The Labute approximate surface area is 120 Å². The molecular weight excluding hydrogens is 274 g/mol. The second kappa shape index (κ2) is 6.04. The van der Waals surface area contributed by atoms with E-state index in [4.69, 9.17) is 4.74 Å². The average molecular weight is 287 g/mol. The van der Waals surface area contributed by atoms with Crippen LogP contribution in [0.5, 0.6) is 11.5 Å². The van der Waals surface area contributed by atoms with Gasteiger partial charge in [0.25, 0.3) is 0 Å². The van der Waals surface area contributed by atoms with Gasteiger partial charge in [-0.05, 0) is 36.2 Å². The first-order valence-corrected chi connectivity index (χ1v) is 6.26. The zero-order valence-electron chi connectivity index (χ0n) is 11.3. The maximum Gasteiger partial charge on any atom is 0.312 e. The maximum atomic E-state index is 10.9. The molecule has 0 bridgehead atoms. The molecule has 0 saturated carbocycles. The van der Waals surface area contributed by atoms with Crippen LogP contribution < -0.4 is 4.74 Å². The van der Waals surface area contributed by atoms with Crippen LogP contribution in [0.2, 0.25) is 0 Å². The number of aromatic hydroxyl groups is 1. The molecule has 1 N–H and O–H groups in total. The van der Waals surface area contributed by atoms with Gasteiger partial charge in [-0.3, -0.25) is 14.9 Å². The number of phenols is 1. The lowest BCUT2D eigenvalue weighted by Crippen LogP contribution is -1.94. The van der Waals surface area contributed by atoms with Gasteiger partial charge in [0.2, 0.25) is 5.75 Å². The number of benzene rings is 2. The number of nitro benzene ring substituents is 1. The van der Waals surface area contributed by atoms with Crippen molar-refractivity contribution in [3.05, 3.63) is 52.1 Å². The molecule has 0 fully saturated rings. The van der Waals surface area contributed by atoms with Crippen LogP contribution in [0, 0.1) is 10.1 Å². The summed E-state index contributed by atoms with van der Waals surface area (Å²) in [6.07, 6.45) is 0.389. The van der Waals surface area contributed by atoms with Crippen molar-refractivity contribution in [2.75, 3.05) is 6.61 Å². The van der Waals surface area contributed by atoms with Crippen molar-refractivity contribution < 1.29 is 19.6 Å². The molecule has 0 heterocycles. The molecule has 2 aromatic carbocycles. The molecule has 0 aliphatic rings. The van der Waals surface area contributed by atoms with Gasteiger partial charge in [-0.2, -0.15) is 0 Å². The minimum Gasteiger partial charge on any atom is -0.502 e. The second-order valence-electron chi connectivity index (χ2n) is 4.27. The van der Waals surface area contributed by atoms with E-state index in [1.807, 2.05) is 6.92 Å². The van der Waals surface area contributed by atoms with E-state index in [-0.39, 0.29) is 5.56 Å². The van der Waals surface area contributed by atoms with E-state index in [1.165, 1.54) is 12.1 Å². The molecule has 0 unspecified atom stereocenters. The summed E-state index contributed by atoms with van der Waals surface area (Å²) >= 11 is 0. The van der Waals surface area contributed by atoms with Gasteiger partial charge in [-0.25, -0.2) is 0 Å². The molecule has 108 valence electrons. The predicted octanol–water partition coefficient (Wildman–Crippen LogP) is 3.18. The minimum absolute atomic E-state index is 0.118. The largest absolute Gasteiger partial charge is 0.502 e. The summed E-state index contributed by atoms with van der Waals surface area (Å²) in [6, 6.07) is 9.57. The van der Waals surface area contributed by atoms with Gasteiger partial charge in [-0.1, -0.05) is 12.1 Å². The van der Waals surface area contributed by atoms with Crippen LogP contribution in [0.3, 0.4) is 0 Å². The monoisotopic (exact) mass is 287 g/mol. The molecular formula is C15H13NO5. The van der Waals surface area contributed by atoms with Crippen molar-refractivity contribution in [3.63, 3.8) is 0 Å². The fraction of sp³-hybridized carbons (Fsp3) is 0.133. The Morgan fingerprint density at radius 1 is 1.24 bits per heavy atom. The molecule has 0 aliphatic carbocycles. The van der Waals surface area contributed by atoms with Crippen LogP contribution in [-0.4, -0.2) is 22.9 Å². The van der Waals surface area contributed by atoms with E-state index in [0.29, 0.717) is 29.8 Å². The number of carbonyl (C=O) groups excluding carboxylic acids is 1. The highest BCUT2D eigenvalue weighted by Gasteiger charge is 2.19. The van der Waals surface area contributed by atoms with Crippen molar-refractivity contribution in [2.24, 2.45) is 0 Å². The van der Waals surface area contributed by atoms with Crippen LogP contribution in [0.4, 0.5) is 5.69 Å². The summed E-state index contributed by atoms with van der Waals surface area (Å²) in [4.78, 5) is 21.1. The smallest absolute Gasteiger partial charge is 0.312 e. The SMILES string of the molecule is CCOc1ccc(-c2cc(C=O)c(O)c([N+](=O)[O-])c2)cc1. The Kier molecular flexibility index (Phi) is 4.18. The summed E-state index contributed by atoms with van der Waals surface area (Å²) in [5.41, 5.74) is 0.547. The number of phenolic OH excluding ortho intramolecular Hbond substituents is 1. The summed E-state index contributed by atoms with van der Waals surface area (Å²) < 4.78 is 5.32. The van der Waals surface area contributed by atoms with Gasteiger partial charge in [0, 0.05) is 6.07 Å². The van der Waals surface area contributed by atoms with Crippen LogP contribution in [-0.2, 0) is 0 Å². The van der Waals surface area contributed by atoms with Crippen molar-refractivity contribution in [3.8, 4) is 22.6 Å². The van der Waals surface area contributed by atoms with Crippen molar-refractivity contribution >= 4 is 12.0 Å². The Hall–Kier alpha value is -2.89. The van der Waals surface area contributed by atoms with Crippen LogP contribution in [0.15, 0.2) is 36.4 Å². The van der Waals surface area contributed by atoms with E-state index in [1.54, 1.807) is 24.3 Å². The molecule has 0 atom stereocenters. The Morgan fingerprint density at radius 3 is 2.43 bits per heavy atom. The third-order valence-electron chi connectivity index (χ3n) is 2.94. The lowest BCUT2D eigenvalue weighted by atomic mass is 10.0. The fourth-order valence-corrected chi connectivity index (χ4v) is 1.95. The number of rotatable bonds is 5. The van der Waals surface area contributed by atoms with E-state index in [0.717, 1.165) is 0 Å². The Bertz CT molecular complexity index is 679. The molecule has 0 spiro atoms. The molecule has 6 heteroatoms. The summed E-state index contributed by atoms with van der Waals surface area (Å²) in [7, 11) is 0. The minimum atomic E-state index is -0.722. The van der Waals surface area contributed by atoms with E-state index in [9.17, 15) is 20.0 Å². The summed E-state index contributed by atoms with van der Waals surface area (Å²) in [5.74, 6) is 0.0647. The molecule has 0 aromatic heterocycles. The molecule has 0 amide bonds. The molecule has 0 radical (unpaired) electrons. The number of nitrogens with zero attached hydrogens (tertiary/aromatic N) is 1. The van der Waals surface area contributed by atoms with Gasteiger partial charge in [-0.15, -0.1) is 0 Å². The molecule has 21 heavy (non-hydrogen) atoms. The van der Waals surface area contributed by atoms with Gasteiger partial charge >= 0.3 is 5.69 Å². The van der Waals surface area contributed by atoms with Crippen LogP contribution in [0.1, 0.15) is 17.3 Å². The van der Waals surface area contributed by atoms with Crippen molar-refractivity contribution in [1.82, 2.24) is 0 Å². The standard InChI is InChI=1S/C15H13NO5/c1-2-21-13-5-3-10(4-6-13)11-7-12(9-17)15(18)14(8-11)16(19)20/h3-9,18H,2H2,1H3. The first-order chi connectivity index (χ1) is 10.1. The third-order valence-corrected chi connectivity index (χ3v) is 2.94. The van der Waals surface area contributed by atoms with Crippen LogP contribution >= 0.6 is 0 Å². The van der Waals surface area contributed by atoms with Gasteiger partial charge in [0.15, 0.2) is 6.29 Å². The van der Waals surface area contributed by atoms with E-state index in [2.05, 4.69) is 0 Å². The lowest BCUT2D eigenvalue weighted by molar-refractivity contribution is -0.385. The summed E-state index contributed by atoms with van der Waals surface area (Å²) in [5, 5.41) is 20.6. The zero-order valence-corrected chi connectivity index (χ0v) is 11.3. The van der Waals surface area contributed by atoms with Crippen molar-refractivity contribution in [1.29, 1.82) is 0 Å². The highest BCUT2D eigenvalue weighted by atomic mass is 16.6. The third kappa shape index (κ3) is 3.00. The summed E-state index contributed by atoms with van der Waals surface area (Å²) in [6.45, 7) is 2.41. The Balaban J connectivity index is 2.50. The van der Waals surface area contributed by atoms with E-state index >= 15 is 0 Å². The highest BCUT2D eigenvalue weighted by molar-refractivity contribution is 5.86. The maximum absolute atomic E-state index is 10.9. The Morgan fingerprint density at radius 2 is 1.90 bits per heavy atom. The van der Waals surface area contributed by atoms with Crippen molar-refractivity contribution in [2.45, 2.75) is 6.92 Å². The number of aldehydes is 1. The molecule has 2 rings (SSSR count). The first kappa shape index (κ1) is 14.5. The molecule has 0 aliphatic heterocycles. The van der Waals surface area contributed by atoms with Gasteiger partial charge in [0.1, 0.15) is 5.75 Å².